The zero-order valence-electron chi connectivity index (χ0n) is 12.9. The quantitative estimate of drug-likeness (QED) is 0.907. The Kier molecular flexibility index (Phi) is 4.39. The molecule has 3 heteroatoms. The molecule has 2 aliphatic heterocycles. The van der Waals surface area contributed by atoms with E-state index in [0.29, 0.717) is 6.04 Å². The first-order valence-electron chi connectivity index (χ1n) is 8.01. The highest BCUT2D eigenvalue weighted by atomic mass is 15.3. The van der Waals surface area contributed by atoms with Gasteiger partial charge in [-0.25, -0.2) is 0 Å². The van der Waals surface area contributed by atoms with Crippen LogP contribution in [0.25, 0.3) is 0 Å². The Balaban J connectivity index is 1.64. The Bertz CT molecular complexity index is 448. The molecule has 3 nitrogen and oxygen atoms in total. The van der Waals surface area contributed by atoms with E-state index in [0.717, 1.165) is 19.6 Å². The van der Waals surface area contributed by atoms with Gasteiger partial charge in [-0.05, 0) is 43.5 Å². The van der Waals surface area contributed by atoms with Crippen LogP contribution >= 0.6 is 0 Å². The lowest BCUT2D eigenvalue weighted by Gasteiger charge is -2.37. The third-order valence-corrected chi connectivity index (χ3v) is 4.77. The van der Waals surface area contributed by atoms with Crippen molar-refractivity contribution in [3.8, 4) is 0 Å². The lowest BCUT2D eigenvalue weighted by molar-refractivity contribution is 0.104. The van der Waals surface area contributed by atoms with Crippen LogP contribution in [-0.4, -0.2) is 48.6 Å². The molecule has 1 aromatic rings. The molecule has 1 saturated heterocycles. The summed E-state index contributed by atoms with van der Waals surface area (Å²) < 4.78 is 0. The average molecular weight is 273 g/mol. The standard InChI is InChI=1S/C17H27N3/c1-14(2)20-10-8-19(9-11-20)13-16-5-3-4-15-12-18-7-6-17(15)16/h3-5,14,18H,6-13H2,1-2H3. The van der Waals surface area contributed by atoms with Gasteiger partial charge in [-0.2, -0.15) is 0 Å². The van der Waals surface area contributed by atoms with Gasteiger partial charge in [0.05, 0.1) is 0 Å². The Hall–Kier alpha value is -0.900. The van der Waals surface area contributed by atoms with Gasteiger partial charge in [-0.15, -0.1) is 0 Å². The maximum absolute atomic E-state index is 3.47. The third kappa shape index (κ3) is 3.05. The molecule has 1 fully saturated rings. The fraction of sp³-hybridized carbons (Fsp3) is 0.647. The highest BCUT2D eigenvalue weighted by molar-refractivity contribution is 5.37. The fourth-order valence-corrected chi connectivity index (χ4v) is 3.44. The number of hydrogen-bond donors (Lipinski definition) is 1. The summed E-state index contributed by atoms with van der Waals surface area (Å²) in [5.74, 6) is 0. The third-order valence-electron chi connectivity index (χ3n) is 4.77. The predicted molar refractivity (Wildman–Crippen MR) is 83.8 cm³/mol. The SMILES string of the molecule is CC(C)N1CCN(Cc2cccc3c2CCNC3)CC1. The summed E-state index contributed by atoms with van der Waals surface area (Å²) in [7, 11) is 0. The van der Waals surface area contributed by atoms with E-state index in [2.05, 4.69) is 47.2 Å². The second-order valence-corrected chi connectivity index (χ2v) is 6.39. The van der Waals surface area contributed by atoms with Crippen LogP contribution in [-0.2, 0) is 19.5 Å². The monoisotopic (exact) mass is 273 g/mol. The van der Waals surface area contributed by atoms with Crippen molar-refractivity contribution in [1.82, 2.24) is 15.1 Å². The maximum atomic E-state index is 3.47. The van der Waals surface area contributed by atoms with Gasteiger partial charge >= 0.3 is 0 Å². The molecule has 1 N–H and O–H groups in total. The summed E-state index contributed by atoms with van der Waals surface area (Å²) >= 11 is 0. The van der Waals surface area contributed by atoms with Crippen molar-refractivity contribution in [2.24, 2.45) is 0 Å². The summed E-state index contributed by atoms with van der Waals surface area (Å²) in [4.78, 5) is 5.21. The predicted octanol–water partition coefficient (Wildman–Crippen LogP) is 1.86. The molecule has 1 aromatic carbocycles. The van der Waals surface area contributed by atoms with Crippen LogP contribution in [0.1, 0.15) is 30.5 Å². The first kappa shape index (κ1) is 14.1. The normalized spacial score (nSPS) is 21.1. The van der Waals surface area contributed by atoms with Crippen molar-refractivity contribution in [2.45, 2.75) is 39.4 Å². The number of piperazine rings is 1. The van der Waals surface area contributed by atoms with Gasteiger partial charge < -0.3 is 5.32 Å². The Morgan fingerprint density at radius 1 is 1.15 bits per heavy atom. The number of fused-ring (bicyclic) bond motifs is 1. The van der Waals surface area contributed by atoms with E-state index in [-0.39, 0.29) is 0 Å². The largest absolute Gasteiger partial charge is 0.312 e. The molecule has 0 saturated carbocycles. The molecule has 0 atom stereocenters. The van der Waals surface area contributed by atoms with E-state index in [1.54, 1.807) is 11.1 Å². The van der Waals surface area contributed by atoms with E-state index in [1.807, 2.05) is 0 Å². The van der Waals surface area contributed by atoms with E-state index < -0.39 is 0 Å². The molecule has 0 bridgehead atoms. The molecule has 2 aliphatic rings. The van der Waals surface area contributed by atoms with E-state index in [9.17, 15) is 0 Å². The van der Waals surface area contributed by atoms with E-state index in [1.165, 1.54) is 38.2 Å². The first-order valence-corrected chi connectivity index (χ1v) is 8.01. The zero-order chi connectivity index (χ0) is 13.9. The van der Waals surface area contributed by atoms with Crippen LogP contribution in [0.2, 0.25) is 0 Å². The summed E-state index contributed by atoms with van der Waals surface area (Å²) in [5, 5.41) is 3.47. The molecule has 0 unspecified atom stereocenters. The highest BCUT2D eigenvalue weighted by Crippen LogP contribution is 2.21. The minimum Gasteiger partial charge on any atom is -0.312 e. The van der Waals surface area contributed by atoms with E-state index >= 15 is 0 Å². The average Bonchev–Trinajstić information content (AvgIpc) is 2.48. The lowest BCUT2D eigenvalue weighted by Crippen LogP contribution is -2.48. The van der Waals surface area contributed by atoms with Crippen LogP contribution < -0.4 is 5.32 Å². The molecule has 2 heterocycles. The van der Waals surface area contributed by atoms with Crippen molar-refractivity contribution in [1.29, 1.82) is 0 Å². The summed E-state index contributed by atoms with van der Waals surface area (Å²) in [6.45, 7) is 12.8. The van der Waals surface area contributed by atoms with Gasteiger partial charge in [0.25, 0.3) is 0 Å². The van der Waals surface area contributed by atoms with Gasteiger partial charge in [0.1, 0.15) is 0 Å². The molecule has 0 aliphatic carbocycles. The van der Waals surface area contributed by atoms with Gasteiger partial charge in [-0.3, -0.25) is 9.80 Å². The Morgan fingerprint density at radius 2 is 1.95 bits per heavy atom. The smallest absolute Gasteiger partial charge is 0.0237 e. The summed E-state index contributed by atoms with van der Waals surface area (Å²) in [6, 6.07) is 7.53. The van der Waals surface area contributed by atoms with Crippen molar-refractivity contribution < 1.29 is 0 Å². The minimum atomic E-state index is 0.688. The second kappa shape index (κ2) is 6.25. The second-order valence-electron chi connectivity index (χ2n) is 6.39. The molecule has 0 radical (unpaired) electrons. The molecule has 110 valence electrons. The molecular formula is C17H27N3. The Labute approximate surface area is 123 Å². The topological polar surface area (TPSA) is 18.5 Å². The van der Waals surface area contributed by atoms with Crippen LogP contribution in [0, 0.1) is 0 Å². The van der Waals surface area contributed by atoms with Crippen molar-refractivity contribution in [3.63, 3.8) is 0 Å². The lowest BCUT2D eigenvalue weighted by atomic mass is 9.95. The van der Waals surface area contributed by atoms with Crippen LogP contribution in [0.15, 0.2) is 18.2 Å². The number of nitrogens with one attached hydrogen (secondary N) is 1. The van der Waals surface area contributed by atoms with Gasteiger partial charge in [0.2, 0.25) is 0 Å². The van der Waals surface area contributed by atoms with Crippen LogP contribution in [0.4, 0.5) is 0 Å². The first-order chi connectivity index (χ1) is 9.74. The zero-order valence-corrected chi connectivity index (χ0v) is 12.9. The molecular weight excluding hydrogens is 246 g/mol. The molecule has 20 heavy (non-hydrogen) atoms. The minimum absolute atomic E-state index is 0.688. The fourth-order valence-electron chi connectivity index (χ4n) is 3.44. The summed E-state index contributed by atoms with van der Waals surface area (Å²) in [6.07, 6.45) is 1.19. The van der Waals surface area contributed by atoms with Crippen molar-refractivity contribution >= 4 is 0 Å². The molecule has 0 spiro atoms. The van der Waals surface area contributed by atoms with Crippen LogP contribution in [0.3, 0.4) is 0 Å². The maximum Gasteiger partial charge on any atom is 0.0237 e. The number of nitrogens with zero attached hydrogens (tertiary/aromatic N) is 2. The van der Waals surface area contributed by atoms with Crippen LogP contribution in [0.5, 0.6) is 0 Å². The number of hydrogen-bond acceptors (Lipinski definition) is 3. The number of benzene rings is 1. The van der Waals surface area contributed by atoms with Gasteiger partial charge in [0.15, 0.2) is 0 Å². The van der Waals surface area contributed by atoms with Gasteiger partial charge in [0, 0.05) is 45.3 Å². The highest BCUT2D eigenvalue weighted by Gasteiger charge is 2.20. The molecule has 3 rings (SSSR count). The molecule has 0 amide bonds. The van der Waals surface area contributed by atoms with E-state index in [4.69, 9.17) is 0 Å². The van der Waals surface area contributed by atoms with Gasteiger partial charge in [-0.1, -0.05) is 18.2 Å². The van der Waals surface area contributed by atoms with Crippen molar-refractivity contribution in [2.75, 3.05) is 32.7 Å². The number of rotatable bonds is 3. The van der Waals surface area contributed by atoms with Crippen molar-refractivity contribution in [3.05, 3.63) is 34.9 Å². The Morgan fingerprint density at radius 3 is 2.70 bits per heavy atom. The summed E-state index contributed by atoms with van der Waals surface area (Å²) in [5.41, 5.74) is 4.68. The molecule has 0 aromatic heterocycles.